The smallest absolute Gasteiger partial charge is 0.0583 e. The fourth-order valence-electron chi connectivity index (χ4n) is 2.03. The molecule has 1 aromatic heterocycles. The highest BCUT2D eigenvalue weighted by molar-refractivity contribution is 7.99. The zero-order valence-corrected chi connectivity index (χ0v) is 13.7. The summed E-state index contributed by atoms with van der Waals surface area (Å²) in [5.74, 6) is 3.12. The van der Waals surface area contributed by atoms with Gasteiger partial charge in [0, 0.05) is 18.5 Å². The van der Waals surface area contributed by atoms with Crippen molar-refractivity contribution in [1.29, 1.82) is 0 Å². The van der Waals surface area contributed by atoms with Gasteiger partial charge in [0.25, 0.3) is 0 Å². The van der Waals surface area contributed by atoms with Crippen LogP contribution in [-0.4, -0.2) is 27.8 Å². The number of hydrogen-bond acceptors (Lipinski definition) is 3. The zero-order valence-electron chi connectivity index (χ0n) is 12.9. The number of nitrogens with zero attached hydrogens (tertiary/aromatic N) is 2. The maximum absolute atomic E-state index is 4.45. The number of aromatic nitrogens is 2. The molecule has 0 aliphatic carbocycles. The monoisotopic (exact) mass is 283 g/mol. The molecule has 0 aliphatic rings. The van der Waals surface area contributed by atoms with Gasteiger partial charge in [0.1, 0.15) is 0 Å². The summed E-state index contributed by atoms with van der Waals surface area (Å²) in [7, 11) is 0. The Morgan fingerprint density at radius 1 is 1.26 bits per heavy atom. The molecule has 110 valence electrons. The molecule has 3 nitrogen and oxygen atoms in total. The molecule has 0 saturated heterocycles. The van der Waals surface area contributed by atoms with Crippen LogP contribution in [0.1, 0.15) is 52.3 Å². The maximum Gasteiger partial charge on any atom is 0.0583 e. The van der Waals surface area contributed by atoms with Gasteiger partial charge < -0.3 is 5.32 Å². The van der Waals surface area contributed by atoms with E-state index in [0.717, 1.165) is 31.2 Å². The minimum Gasteiger partial charge on any atom is -0.308 e. The average Bonchev–Trinajstić information content (AvgIpc) is 2.82. The van der Waals surface area contributed by atoms with Crippen LogP contribution in [0.2, 0.25) is 0 Å². The van der Waals surface area contributed by atoms with Gasteiger partial charge in [0.2, 0.25) is 0 Å². The maximum atomic E-state index is 4.45. The lowest BCUT2D eigenvalue weighted by Crippen LogP contribution is -2.27. The second kappa shape index (κ2) is 9.43. The third-order valence-corrected chi connectivity index (χ3v) is 4.39. The van der Waals surface area contributed by atoms with Crippen molar-refractivity contribution in [3.63, 3.8) is 0 Å². The summed E-state index contributed by atoms with van der Waals surface area (Å²) in [6, 6.07) is 2.59. The van der Waals surface area contributed by atoms with Crippen molar-refractivity contribution in [2.75, 3.05) is 18.1 Å². The van der Waals surface area contributed by atoms with Crippen molar-refractivity contribution in [1.82, 2.24) is 15.1 Å². The van der Waals surface area contributed by atoms with Crippen molar-refractivity contribution in [2.24, 2.45) is 5.92 Å². The predicted octanol–water partition coefficient (Wildman–Crippen LogP) is 3.72. The molecule has 0 bridgehead atoms. The average molecular weight is 283 g/mol. The number of thioether (sulfide) groups is 1. The van der Waals surface area contributed by atoms with Crippen LogP contribution in [0.3, 0.4) is 0 Å². The third-order valence-electron chi connectivity index (χ3n) is 2.92. The Morgan fingerprint density at radius 2 is 2.05 bits per heavy atom. The summed E-state index contributed by atoms with van der Waals surface area (Å²) >= 11 is 2.04. The lowest BCUT2D eigenvalue weighted by molar-refractivity contribution is 0.498. The molecule has 0 aliphatic heterocycles. The first-order valence-corrected chi connectivity index (χ1v) is 8.67. The molecule has 0 spiro atoms. The lowest BCUT2D eigenvalue weighted by Gasteiger charge is -2.20. The second-order valence-corrected chi connectivity index (χ2v) is 6.49. The largest absolute Gasteiger partial charge is 0.308 e. The Morgan fingerprint density at radius 3 is 2.68 bits per heavy atom. The van der Waals surface area contributed by atoms with Gasteiger partial charge in [0.05, 0.1) is 11.7 Å². The van der Waals surface area contributed by atoms with Gasteiger partial charge in [-0.2, -0.15) is 16.9 Å². The van der Waals surface area contributed by atoms with E-state index in [9.17, 15) is 0 Å². The highest BCUT2D eigenvalue weighted by atomic mass is 32.2. The van der Waals surface area contributed by atoms with Crippen LogP contribution in [0.15, 0.2) is 12.3 Å². The Kier molecular flexibility index (Phi) is 8.22. The zero-order chi connectivity index (χ0) is 14.1. The molecule has 0 saturated carbocycles. The highest BCUT2D eigenvalue weighted by Gasteiger charge is 2.15. The van der Waals surface area contributed by atoms with E-state index in [0.29, 0.717) is 6.04 Å². The quantitative estimate of drug-likeness (QED) is 0.709. The van der Waals surface area contributed by atoms with Crippen LogP contribution in [0, 0.1) is 5.92 Å². The Labute approximate surface area is 122 Å². The highest BCUT2D eigenvalue weighted by Crippen LogP contribution is 2.20. The van der Waals surface area contributed by atoms with E-state index < -0.39 is 0 Å². The van der Waals surface area contributed by atoms with E-state index in [-0.39, 0.29) is 0 Å². The molecule has 1 rings (SSSR count). The fraction of sp³-hybridized carbons (Fsp3) is 0.800. The van der Waals surface area contributed by atoms with Crippen molar-refractivity contribution in [3.05, 3.63) is 18.0 Å². The first kappa shape index (κ1) is 16.6. The fourth-order valence-corrected chi connectivity index (χ4v) is 3.16. The van der Waals surface area contributed by atoms with E-state index in [1.807, 2.05) is 18.0 Å². The number of rotatable bonds is 10. The van der Waals surface area contributed by atoms with Gasteiger partial charge in [-0.05, 0) is 37.1 Å². The van der Waals surface area contributed by atoms with Crippen LogP contribution in [0.25, 0.3) is 0 Å². The van der Waals surface area contributed by atoms with Gasteiger partial charge in [-0.3, -0.25) is 4.68 Å². The summed E-state index contributed by atoms with van der Waals surface area (Å²) < 4.78 is 2.16. The minimum atomic E-state index is 0.428. The molecular formula is C15H29N3S. The second-order valence-electron chi connectivity index (χ2n) is 5.42. The first-order valence-electron chi connectivity index (χ1n) is 7.51. The molecule has 1 aromatic rings. The standard InChI is InChI=1S/C15H29N3S/c1-5-8-16-14(12-19-11-13(3)4)15-7-9-17-18(15)10-6-2/h7,9,13-14,16H,5-6,8,10-12H2,1-4H3. The van der Waals surface area contributed by atoms with E-state index in [2.05, 4.69) is 48.9 Å². The molecular weight excluding hydrogens is 254 g/mol. The van der Waals surface area contributed by atoms with Crippen molar-refractivity contribution < 1.29 is 0 Å². The normalized spacial score (nSPS) is 13.1. The van der Waals surface area contributed by atoms with Crippen LogP contribution >= 0.6 is 11.8 Å². The molecule has 1 N–H and O–H groups in total. The molecule has 4 heteroatoms. The predicted molar refractivity (Wildman–Crippen MR) is 85.7 cm³/mol. The van der Waals surface area contributed by atoms with Gasteiger partial charge >= 0.3 is 0 Å². The molecule has 1 unspecified atom stereocenters. The van der Waals surface area contributed by atoms with E-state index in [4.69, 9.17) is 0 Å². The van der Waals surface area contributed by atoms with E-state index in [1.54, 1.807) is 0 Å². The van der Waals surface area contributed by atoms with Crippen LogP contribution in [0.5, 0.6) is 0 Å². The summed E-state index contributed by atoms with van der Waals surface area (Å²) in [5, 5.41) is 8.11. The Balaban J connectivity index is 2.63. The van der Waals surface area contributed by atoms with Crippen molar-refractivity contribution >= 4 is 11.8 Å². The van der Waals surface area contributed by atoms with Crippen molar-refractivity contribution in [2.45, 2.75) is 53.1 Å². The van der Waals surface area contributed by atoms with E-state index in [1.165, 1.54) is 17.9 Å². The molecule has 0 radical (unpaired) electrons. The van der Waals surface area contributed by atoms with Gasteiger partial charge in [-0.1, -0.05) is 27.7 Å². The summed E-state index contributed by atoms with van der Waals surface area (Å²) in [6.45, 7) is 11.1. The van der Waals surface area contributed by atoms with Crippen LogP contribution < -0.4 is 5.32 Å². The Hall–Kier alpha value is -0.480. The number of hydrogen-bond donors (Lipinski definition) is 1. The van der Waals surface area contributed by atoms with Crippen LogP contribution in [-0.2, 0) is 6.54 Å². The van der Waals surface area contributed by atoms with Gasteiger partial charge in [-0.25, -0.2) is 0 Å². The molecule has 19 heavy (non-hydrogen) atoms. The summed E-state index contributed by atoms with van der Waals surface area (Å²) in [5.41, 5.74) is 1.34. The molecule has 0 fully saturated rings. The van der Waals surface area contributed by atoms with Crippen LogP contribution in [0.4, 0.5) is 0 Å². The SMILES string of the molecule is CCCNC(CSCC(C)C)c1ccnn1CCC. The summed E-state index contributed by atoms with van der Waals surface area (Å²) in [4.78, 5) is 0. The Bertz CT molecular complexity index is 336. The topological polar surface area (TPSA) is 29.9 Å². The first-order chi connectivity index (χ1) is 9.19. The number of aryl methyl sites for hydroxylation is 1. The van der Waals surface area contributed by atoms with Gasteiger partial charge in [0.15, 0.2) is 0 Å². The van der Waals surface area contributed by atoms with Gasteiger partial charge in [-0.15, -0.1) is 0 Å². The van der Waals surface area contributed by atoms with E-state index >= 15 is 0 Å². The van der Waals surface area contributed by atoms with Crippen molar-refractivity contribution in [3.8, 4) is 0 Å². The summed E-state index contributed by atoms with van der Waals surface area (Å²) in [6.07, 6.45) is 4.24. The number of nitrogens with one attached hydrogen (secondary N) is 1. The molecule has 0 aromatic carbocycles. The lowest BCUT2D eigenvalue weighted by atomic mass is 10.2. The molecule has 0 amide bonds. The molecule has 1 heterocycles. The molecule has 1 atom stereocenters. The minimum absolute atomic E-state index is 0.428. The third kappa shape index (κ3) is 6.00.